The SMILES string of the molecule is Cc1ccc(C(N)Cn2ncc3ccccc32)cc1. The average molecular weight is 251 g/mol. The molecule has 0 aliphatic carbocycles. The summed E-state index contributed by atoms with van der Waals surface area (Å²) in [5.41, 5.74) is 9.79. The van der Waals surface area contributed by atoms with Gasteiger partial charge in [-0.15, -0.1) is 0 Å². The zero-order valence-corrected chi connectivity index (χ0v) is 11.0. The molecule has 0 saturated carbocycles. The van der Waals surface area contributed by atoms with E-state index in [-0.39, 0.29) is 6.04 Å². The molecule has 1 unspecified atom stereocenters. The summed E-state index contributed by atoms with van der Waals surface area (Å²) in [7, 11) is 0. The zero-order valence-electron chi connectivity index (χ0n) is 11.0. The van der Waals surface area contributed by atoms with Crippen molar-refractivity contribution < 1.29 is 0 Å². The minimum atomic E-state index is -0.0380. The number of aryl methyl sites for hydroxylation is 1. The Morgan fingerprint density at radius 1 is 1.11 bits per heavy atom. The van der Waals surface area contributed by atoms with Crippen LogP contribution in [0.2, 0.25) is 0 Å². The van der Waals surface area contributed by atoms with Crippen molar-refractivity contribution in [1.82, 2.24) is 9.78 Å². The van der Waals surface area contributed by atoms with Crippen molar-refractivity contribution in [3.8, 4) is 0 Å². The lowest BCUT2D eigenvalue weighted by Gasteiger charge is -2.13. The number of nitrogens with two attached hydrogens (primary N) is 1. The number of nitrogens with zero attached hydrogens (tertiary/aromatic N) is 2. The van der Waals surface area contributed by atoms with Gasteiger partial charge in [0.15, 0.2) is 0 Å². The van der Waals surface area contributed by atoms with Crippen molar-refractivity contribution >= 4 is 10.9 Å². The minimum absolute atomic E-state index is 0.0380. The fourth-order valence-corrected chi connectivity index (χ4v) is 2.28. The first kappa shape index (κ1) is 11.9. The lowest BCUT2D eigenvalue weighted by molar-refractivity contribution is 0.542. The molecule has 1 aromatic heterocycles. The molecule has 1 heterocycles. The fraction of sp³-hybridized carbons (Fsp3) is 0.188. The van der Waals surface area contributed by atoms with Crippen molar-refractivity contribution in [2.24, 2.45) is 5.73 Å². The van der Waals surface area contributed by atoms with Crippen LogP contribution >= 0.6 is 0 Å². The molecular weight excluding hydrogens is 234 g/mol. The molecule has 3 heteroatoms. The van der Waals surface area contributed by atoms with Gasteiger partial charge in [-0.1, -0.05) is 48.0 Å². The van der Waals surface area contributed by atoms with E-state index in [0.717, 1.165) is 16.5 Å². The van der Waals surface area contributed by atoms with E-state index in [9.17, 15) is 0 Å². The Hall–Kier alpha value is -2.13. The molecule has 1 atom stereocenters. The molecule has 3 rings (SSSR count). The van der Waals surface area contributed by atoms with Gasteiger partial charge in [0.2, 0.25) is 0 Å². The monoisotopic (exact) mass is 251 g/mol. The maximum absolute atomic E-state index is 6.27. The predicted octanol–water partition coefficient (Wildman–Crippen LogP) is 3.04. The number of hydrogen-bond acceptors (Lipinski definition) is 2. The van der Waals surface area contributed by atoms with Gasteiger partial charge < -0.3 is 5.73 Å². The van der Waals surface area contributed by atoms with Crippen LogP contribution in [0.25, 0.3) is 10.9 Å². The highest BCUT2D eigenvalue weighted by Gasteiger charge is 2.09. The van der Waals surface area contributed by atoms with Crippen LogP contribution in [0.15, 0.2) is 54.7 Å². The number of para-hydroxylation sites is 1. The molecule has 0 bridgehead atoms. The first-order valence-electron chi connectivity index (χ1n) is 6.47. The number of rotatable bonds is 3. The van der Waals surface area contributed by atoms with Crippen LogP contribution < -0.4 is 5.73 Å². The number of hydrogen-bond donors (Lipinski definition) is 1. The van der Waals surface area contributed by atoms with Crippen LogP contribution in [0, 0.1) is 6.92 Å². The van der Waals surface area contributed by atoms with Crippen LogP contribution in [0.5, 0.6) is 0 Å². The third kappa shape index (κ3) is 2.37. The van der Waals surface area contributed by atoms with Crippen molar-refractivity contribution in [2.75, 3.05) is 0 Å². The predicted molar refractivity (Wildman–Crippen MR) is 77.8 cm³/mol. The summed E-state index contributed by atoms with van der Waals surface area (Å²) in [5, 5.41) is 5.57. The van der Waals surface area contributed by atoms with Crippen molar-refractivity contribution in [1.29, 1.82) is 0 Å². The van der Waals surface area contributed by atoms with E-state index in [1.165, 1.54) is 5.56 Å². The fourth-order valence-electron chi connectivity index (χ4n) is 2.28. The number of benzene rings is 2. The summed E-state index contributed by atoms with van der Waals surface area (Å²) < 4.78 is 1.97. The summed E-state index contributed by atoms with van der Waals surface area (Å²) in [6, 6.07) is 16.5. The second-order valence-corrected chi connectivity index (χ2v) is 4.90. The first-order chi connectivity index (χ1) is 9.24. The van der Waals surface area contributed by atoms with Gasteiger partial charge in [0.25, 0.3) is 0 Å². The molecule has 3 nitrogen and oxygen atoms in total. The second-order valence-electron chi connectivity index (χ2n) is 4.90. The van der Waals surface area contributed by atoms with Crippen LogP contribution in [-0.2, 0) is 6.54 Å². The van der Waals surface area contributed by atoms with Crippen LogP contribution in [-0.4, -0.2) is 9.78 Å². The molecule has 3 aromatic rings. The third-order valence-electron chi connectivity index (χ3n) is 3.43. The van der Waals surface area contributed by atoms with Gasteiger partial charge in [0.05, 0.1) is 18.3 Å². The Morgan fingerprint density at radius 2 is 1.84 bits per heavy atom. The maximum atomic E-state index is 6.27. The highest BCUT2D eigenvalue weighted by Crippen LogP contribution is 2.17. The van der Waals surface area contributed by atoms with E-state index in [1.54, 1.807) is 0 Å². The Morgan fingerprint density at radius 3 is 2.63 bits per heavy atom. The Labute approximate surface area is 112 Å². The smallest absolute Gasteiger partial charge is 0.0683 e. The molecule has 0 aliphatic heterocycles. The largest absolute Gasteiger partial charge is 0.322 e. The Kier molecular flexibility index (Phi) is 3.05. The van der Waals surface area contributed by atoms with E-state index in [2.05, 4.69) is 48.4 Å². The molecule has 2 N–H and O–H groups in total. The zero-order chi connectivity index (χ0) is 13.2. The third-order valence-corrected chi connectivity index (χ3v) is 3.43. The lowest BCUT2D eigenvalue weighted by Crippen LogP contribution is -2.18. The van der Waals surface area contributed by atoms with Crippen molar-refractivity contribution in [3.05, 3.63) is 65.9 Å². The normalized spacial score (nSPS) is 12.7. The highest BCUT2D eigenvalue weighted by molar-refractivity contribution is 5.78. The molecular formula is C16H17N3. The molecule has 96 valence electrons. The first-order valence-corrected chi connectivity index (χ1v) is 6.47. The summed E-state index contributed by atoms with van der Waals surface area (Å²) in [6.45, 7) is 2.77. The summed E-state index contributed by atoms with van der Waals surface area (Å²) in [4.78, 5) is 0. The van der Waals surface area contributed by atoms with Gasteiger partial charge in [0.1, 0.15) is 0 Å². The van der Waals surface area contributed by atoms with Crippen molar-refractivity contribution in [3.63, 3.8) is 0 Å². The number of fused-ring (bicyclic) bond motifs is 1. The lowest BCUT2D eigenvalue weighted by atomic mass is 10.1. The highest BCUT2D eigenvalue weighted by atomic mass is 15.3. The van der Waals surface area contributed by atoms with E-state index in [0.29, 0.717) is 6.54 Å². The van der Waals surface area contributed by atoms with Crippen molar-refractivity contribution in [2.45, 2.75) is 19.5 Å². The summed E-state index contributed by atoms with van der Waals surface area (Å²) >= 11 is 0. The van der Waals surface area contributed by atoms with E-state index < -0.39 is 0 Å². The van der Waals surface area contributed by atoms with Gasteiger partial charge in [-0.25, -0.2) is 0 Å². The van der Waals surface area contributed by atoms with Gasteiger partial charge in [0, 0.05) is 11.4 Å². The summed E-state index contributed by atoms with van der Waals surface area (Å²) in [6.07, 6.45) is 1.89. The van der Waals surface area contributed by atoms with Crippen LogP contribution in [0.1, 0.15) is 17.2 Å². The maximum Gasteiger partial charge on any atom is 0.0683 e. The topological polar surface area (TPSA) is 43.8 Å². The Balaban J connectivity index is 1.86. The average Bonchev–Trinajstić information content (AvgIpc) is 2.83. The van der Waals surface area contributed by atoms with Gasteiger partial charge >= 0.3 is 0 Å². The number of aromatic nitrogens is 2. The van der Waals surface area contributed by atoms with Gasteiger partial charge in [-0.05, 0) is 18.6 Å². The standard InChI is InChI=1S/C16H17N3/c1-12-6-8-13(9-7-12)15(17)11-19-16-5-3-2-4-14(16)10-18-19/h2-10,15H,11,17H2,1H3. The molecule has 2 aromatic carbocycles. The molecule has 0 saturated heterocycles. The molecule has 0 spiro atoms. The van der Waals surface area contributed by atoms with Crippen LogP contribution in [0.3, 0.4) is 0 Å². The van der Waals surface area contributed by atoms with Gasteiger partial charge in [-0.2, -0.15) is 5.10 Å². The second kappa shape index (κ2) is 4.86. The van der Waals surface area contributed by atoms with E-state index in [1.807, 2.05) is 23.0 Å². The quantitative estimate of drug-likeness (QED) is 0.777. The summed E-state index contributed by atoms with van der Waals surface area (Å²) in [5.74, 6) is 0. The molecule has 19 heavy (non-hydrogen) atoms. The molecule has 0 aliphatic rings. The Bertz CT molecular complexity index is 683. The van der Waals surface area contributed by atoms with Crippen LogP contribution in [0.4, 0.5) is 0 Å². The molecule has 0 fully saturated rings. The van der Waals surface area contributed by atoms with Gasteiger partial charge in [-0.3, -0.25) is 4.68 Å². The van der Waals surface area contributed by atoms with E-state index >= 15 is 0 Å². The molecule has 0 amide bonds. The molecule has 0 radical (unpaired) electrons. The van der Waals surface area contributed by atoms with E-state index in [4.69, 9.17) is 5.73 Å². The minimum Gasteiger partial charge on any atom is -0.322 e.